The van der Waals surface area contributed by atoms with Crippen molar-refractivity contribution in [2.75, 3.05) is 47.4 Å². The summed E-state index contributed by atoms with van der Waals surface area (Å²) in [5.74, 6) is 2.73. The maximum absolute atomic E-state index is 5.52. The van der Waals surface area contributed by atoms with Gasteiger partial charge in [-0.25, -0.2) is 0 Å². The fraction of sp³-hybridized carbons (Fsp3) is 0.409. The van der Waals surface area contributed by atoms with Gasteiger partial charge in [-0.05, 0) is 23.8 Å². The average Bonchev–Trinajstić information content (AvgIpc) is 2.76. The van der Waals surface area contributed by atoms with Gasteiger partial charge in [0, 0.05) is 51.9 Å². The molecule has 6 heteroatoms. The van der Waals surface area contributed by atoms with Crippen LogP contribution >= 0.6 is 0 Å². The maximum atomic E-state index is 5.52. The van der Waals surface area contributed by atoms with E-state index >= 15 is 0 Å². The van der Waals surface area contributed by atoms with Gasteiger partial charge in [-0.3, -0.25) is 9.89 Å². The minimum absolute atomic E-state index is 0.786. The van der Waals surface area contributed by atoms with E-state index in [1.165, 1.54) is 5.56 Å². The number of piperazine rings is 1. The lowest BCUT2D eigenvalue weighted by Gasteiger charge is -2.36. The first-order chi connectivity index (χ1) is 13.7. The number of ether oxygens (including phenoxy) is 2. The molecule has 28 heavy (non-hydrogen) atoms. The third-order valence-electron chi connectivity index (χ3n) is 5.06. The van der Waals surface area contributed by atoms with Gasteiger partial charge in [-0.1, -0.05) is 30.3 Å². The van der Waals surface area contributed by atoms with Crippen molar-refractivity contribution in [1.82, 2.24) is 15.1 Å². The zero-order valence-corrected chi connectivity index (χ0v) is 17.0. The van der Waals surface area contributed by atoms with Crippen LogP contribution < -0.4 is 14.8 Å². The zero-order valence-electron chi connectivity index (χ0n) is 17.0. The molecule has 1 aliphatic rings. The second-order valence-electron chi connectivity index (χ2n) is 6.83. The Kier molecular flexibility index (Phi) is 7.14. The van der Waals surface area contributed by atoms with E-state index in [0.717, 1.165) is 62.3 Å². The molecule has 0 amide bonds. The molecule has 1 saturated heterocycles. The van der Waals surface area contributed by atoms with E-state index in [-0.39, 0.29) is 0 Å². The van der Waals surface area contributed by atoms with E-state index in [2.05, 4.69) is 50.4 Å². The van der Waals surface area contributed by atoms with E-state index in [1.54, 1.807) is 14.2 Å². The molecular formula is C22H30N4O2. The highest BCUT2D eigenvalue weighted by Crippen LogP contribution is 2.25. The molecule has 3 rings (SSSR count). The van der Waals surface area contributed by atoms with Crippen molar-refractivity contribution in [2.45, 2.75) is 13.1 Å². The van der Waals surface area contributed by atoms with Crippen LogP contribution in [0, 0.1) is 0 Å². The Bertz CT molecular complexity index is 771. The molecule has 2 aromatic rings. The van der Waals surface area contributed by atoms with Crippen LogP contribution in [0.5, 0.6) is 11.5 Å². The highest BCUT2D eigenvalue weighted by molar-refractivity contribution is 5.80. The molecule has 1 fully saturated rings. The summed E-state index contributed by atoms with van der Waals surface area (Å²) in [5, 5.41) is 3.47. The molecule has 0 saturated carbocycles. The third-order valence-corrected chi connectivity index (χ3v) is 5.06. The molecular weight excluding hydrogens is 352 g/mol. The molecule has 1 aliphatic heterocycles. The fourth-order valence-electron chi connectivity index (χ4n) is 3.47. The van der Waals surface area contributed by atoms with Gasteiger partial charge in [0.05, 0.1) is 14.2 Å². The van der Waals surface area contributed by atoms with Gasteiger partial charge < -0.3 is 19.7 Å². The smallest absolute Gasteiger partial charge is 0.194 e. The molecule has 150 valence electrons. The van der Waals surface area contributed by atoms with Crippen molar-refractivity contribution in [1.29, 1.82) is 0 Å². The number of aliphatic imine (C=N–C) groups is 1. The molecule has 1 heterocycles. The number of nitrogens with one attached hydrogen (secondary N) is 1. The van der Waals surface area contributed by atoms with Gasteiger partial charge >= 0.3 is 0 Å². The first-order valence-corrected chi connectivity index (χ1v) is 9.66. The SMILES string of the molecule is CN=C(NCc1ccccc1)N1CCN(Cc2cc(OC)ccc2OC)CC1. The average molecular weight is 383 g/mol. The van der Waals surface area contributed by atoms with Gasteiger partial charge in [0.1, 0.15) is 11.5 Å². The molecule has 0 spiro atoms. The van der Waals surface area contributed by atoms with Crippen molar-refractivity contribution in [3.05, 3.63) is 59.7 Å². The first-order valence-electron chi connectivity index (χ1n) is 9.66. The molecule has 0 unspecified atom stereocenters. The van der Waals surface area contributed by atoms with Gasteiger partial charge in [-0.2, -0.15) is 0 Å². The molecule has 0 bridgehead atoms. The van der Waals surface area contributed by atoms with E-state index in [4.69, 9.17) is 9.47 Å². The van der Waals surface area contributed by atoms with Crippen molar-refractivity contribution < 1.29 is 9.47 Å². The van der Waals surface area contributed by atoms with Crippen LogP contribution in [0.3, 0.4) is 0 Å². The monoisotopic (exact) mass is 382 g/mol. The number of guanidine groups is 1. The van der Waals surface area contributed by atoms with Crippen LogP contribution in [0.15, 0.2) is 53.5 Å². The minimum Gasteiger partial charge on any atom is -0.497 e. The quantitative estimate of drug-likeness (QED) is 0.615. The van der Waals surface area contributed by atoms with E-state index < -0.39 is 0 Å². The van der Waals surface area contributed by atoms with Crippen molar-refractivity contribution in [3.8, 4) is 11.5 Å². The summed E-state index contributed by atoms with van der Waals surface area (Å²) in [6.07, 6.45) is 0. The highest BCUT2D eigenvalue weighted by atomic mass is 16.5. The molecule has 2 aromatic carbocycles. The van der Waals surface area contributed by atoms with Crippen LogP contribution in [-0.4, -0.2) is 63.2 Å². The van der Waals surface area contributed by atoms with Gasteiger partial charge in [0.25, 0.3) is 0 Å². The topological polar surface area (TPSA) is 49.3 Å². The molecule has 0 atom stereocenters. The van der Waals surface area contributed by atoms with Crippen molar-refractivity contribution in [3.63, 3.8) is 0 Å². The van der Waals surface area contributed by atoms with Crippen molar-refractivity contribution >= 4 is 5.96 Å². The summed E-state index contributed by atoms with van der Waals surface area (Å²) >= 11 is 0. The number of nitrogens with zero attached hydrogens (tertiary/aromatic N) is 3. The number of methoxy groups -OCH3 is 2. The Hall–Kier alpha value is -2.73. The van der Waals surface area contributed by atoms with Crippen LogP contribution in [0.4, 0.5) is 0 Å². The molecule has 0 radical (unpaired) electrons. The number of hydrogen-bond donors (Lipinski definition) is 1. The standard InChI is InChI=1S/C22H30N4O2/c1-23-22(24-16-18-7-5-4-6-8-18)26-13-11-25(12-14-26)17-19-15-20(27-2)9-10-21(19)28-3/h4-10,15H,11-14,16-17H2,1-3H3,(H,23,24). The summed E-state index contributed by atoms with van der Waals surface area (Å²) in [6.45, 7) is 5.49. The predicted molar refractivity (Wildman–Crippen MR) is 113 cm³/mol. The number of rotatable bonds is 6. The Morgan fingerprint density at radius 2 is 1.75 bits per heavy atom. The number of benzene rings is 2. The molecule has 0 aromatic heterocycles. The summed E-state index contributed by atoms with van der Waals surface area (Å²) in [6, 6.07) is 16.4. The normalized spacial score (nSPS) is 15.4. The second-order valence-corrected chi connectivity index (χ2v) is 6.83. The Labute approximate surface area is 167 Å². The lowest BCUT2D eigenvalue weighted by molar-refractivity contribution is 0.171. The van der Waals surface area contributed by atoms with Gasteiger partial charge in [-0.15, -0.1) is 0 Å². The first kappa shape index (κ1) is 20.0. The largest absolute Gasteiger partial charge is 0.497 e. The van der Waals surface area contributed by atoms with E-state index in [9.17, 15) is 0 Å². The number of hydrogen-bond acceptors (Lipinski definition) is 4. The summed E-state index contributed by atoms with van der Waals surface area (Å²) < 4.78 is 10.9. The summed E-state index contributed by atoms with van der Waals surface area (Å²) in [4.78, 5) is 9.23. The third kappa shape index (κ3) is 5.16. The maximum Gasteiger partial charge on any atom is 0.194 e. The minimum atomic E-state index is 0.786. The van der Waals surface area contributed by atoms with Crippen LogP contribution in [0.1, 0.15) is 11.1 Å². The van der Waals surface area contributed by atoms with Gasteiger partial charge in [0.15, 0.2) is 5.96 Å². The zero-order chi connectivity index (χ0) is 19.8. The fourth-order valence-corrected chi connectivity index (χ4v) is 3.47. The van der Waals surface area contributed by atoms with Crippen LogP contribution in [0.25, 0.3) is 0 Å². The van der Waals surface area contributed by atoms with Crippen LogP contribution in [0.2, 0.25) is 0 Å². The highest BCUT2D eigenvalue weighted by Gasteiger charge is 2.20. The lowest BCUT2D eigenvalue weighted by atomic mass is 10.1. The van der Waals surface area contributed by atoms with Gasteiger partial charge in [0.2, 0.25) is 0 Å². The lowest BCUT2D eigenvalue weighted by Crippen LogP contribution is -2.52. The Morgan fingerprint density at radius 1 is 1.00 bits per heavy atom. The van der Waals surface area contributed by atoms with Crippen molar-refractivity contribution in [2.24, 2.45) is 4.99 Å². The Balaban J connectivity index is 1.53. The van der Waals surface area contributed by atoms with E-state index in [1.807, 2.05) is 25.2 Å². The predicted octanol–water partition coefficient (Wildman–Crippen LogP) is 2.60. The van der Waals surface area contributed by atoms with Crippen LogP contribution in [-0.2, 0) is 13.1 Å². The van der Waals surface area contributed by atoms with E-state index in [0.29, 0.717) is 0 Å². The second kappa shape index (κ2) is 9.99. The molecule has 6 nitrogen and oxygen atoms in total. The summed E-state index contributed by atoms with van der Waals surface area (Å²) in [7, 11) is 5.25. The molecule has 1 N–H and O–H groups in total. The Morgan fingerprint density at radius 3 is 2.39 bits per heavy atom. The molecule has 0 aliphatic carbocycles. The summed E-state index contributed by atoms with van der Waals surface area (Å²) in [5.41, 5.74) is 2.41.